The average Bonchev–Trinajstić information content (AvgIpc) is 2.62. The highest BCUT2D eigenvalue weighted by atomic mass is 127. The van der Waals surface area contributed by atoms with Gasteiger partial charge in [0, 0.05) is 38.8 Å². The van der Waals surface area contributed by atoms with E-state index in [1.54, 1.807) is 14.2 Å². The predicted molar refractivity (Wildman–Crippen MR) is 113 cm³/mol. The molecule has 142 valence electrons. The normalized spacial score (nSPS) is 19.7. The summed E-state index contributed by atoms with van der Waals surface area (Å²) in [5, 5.41) is 6.76. The molecule has 1 aliphatic rings. The molecule has 1 aliphatic heterocycles. The fraction of sp³-hybridized carbons (Fsp3) is 0.611. The van der Waals surface area contributed by atoms with Crippen LogP contribution in [0.1, 0.15) is 19.4 Å². The summed E-state index contributed by atoms with van der Waals surface area (Å²) >= 11 is 0. The van der Waals surface area contributed by atoms with E-state index in [2.05, 4.69) is 46.5 Å². The van der Waals surface area contributed by atoms with E-state index in [1.165, 1.54) is 5.56 Å². The Kier molecular flexibility index (Phi) is 10.1. The maximum absolute atomic E-state index is 5.51. The highest BCUT2D eigenvalue weighted by Gasteiger charge is 2.23. The van der Waals surface area contributed by atoms with Gasteiger partial charge < -0.3 is 20.1 Å². The summed E-state index contributed by atoms with van der Waals surface area (Å²) in [6, 6.07) is 8.94. The molecule has 2 N–H and O–H groups in total. The fourth-order valence-corrected chi connectivity index (χ4v) is 2.91. The predicted octanol–water partition coefficient (Wildman–Crippen LogP) is 2.09. The topological polar surface area (TPSA) is 58.1 Å². The van der Waals surface area contributed by atoms with Gasteiger partial charge in [0.15, 0.2) is 5.96 Å². The lowest BCUT2D eigenvalue weighted by molar-refractivity contribution is -0.0174. The van der Waals surface area contributed by atoms with Gasteiger partial charge in [-0.15, -0.1) is 24.0 Å². The van der Waals surface area contributed by atoms with Crippen molar-refractivity contribution in [2.45, 2.75) is 32.5 Å². The molecule has 25 heavy (non-hydrogen) atoms. The van der Waals surface area contributed by atoms with Crippen molar-refractivity contribution in [3.05, 3.63) is 29.8 Å². The van der Waals surface area contributed by atoms with Crippen LogP contribution in [0.25, 0.3) is 0 Å². The molecule has 0 spiro atoms. The first-order valence-corrected chi connectivity index (χ1v) is 8.55. The van der Waals surface area contributed by atoms with Crippen LogP contribution >= 0.6 is 24.0 Å². The Morgan fingerprint density at radius 2 is 2.08 bits per heavy atom. The number of ether oxygens (including phenoxy) is 2. The summed E-state index contributed by atoms with van der Waals surface area (Å²) in [4.78, 5) is 6.78. The van der Waals surface area contributed by atoms with Crippen molar-refractivity contribution in [1.82, 2.24) is 15.5 Å². The van der Waals surface area contributed by atoms with Gasteiger partial charge in [-0.05, 0) is 31.5 Å². The zero-order chi connectivity index (χ0) is 17.4. The minimum absolute atomic E-state index is 0. The Morgan fingerprint density at radius 3 is 2.68 bits per heavy atom. The van der Waals surface area contributed by atoms with Crippen molar-refractivity contribution < 1.29 is 9.47 Å². The summed E-state index contributed by atoms with van der Waals surface area (Å²) in [7, 11) is 3.47. The molecule has 1 aromatic carbocycles. The van der Waals surface area contributed by atoms with Crippen LogP contribution in [0.15, 0.2) is 29.3 Å². The zero-order valence-corrected chi connectivity index (χ0v) is 17.9. The third kappa shape index (κ3) is 6.99. The van der Waals surface area contributed by atoms with E-state index in [0.29, 0.717) is 12.1 Å². The minimum Gasteiger partial charge on any atom is -0.497 e. The summed E-state index contributed by atoms with van der Waals surface area (Å²) in [5.74, 6) is 1.69. The van der Waals surface area contributed by atoms with E-state index >= 15 is 0 Å². The van der Waals surface area contributed by atoms with Gasteiger partial charge in [-0.2, -0.15) is 0 Å². The molecule has 2 unspecified atom stereocenters. The Morgan fingerprint density at radius 1 is 1.36 bits per heavy atom. The smallest absolute Gasteiger partial charge is 0.191 e. The molecular weight excluding hydrogens is 431 g/mol. The summed E-state index contributed by atoms with van der Waals surface area (Å²) in [5.41, 5.74) is 1.19. The SMILES string of the molecule is CN=C(NCc1ccc(OC)cc1)NCC(C)N1CCOCC1C.I. The van der Waals surface area contributed by atoms with Gasteiger partial charge in [0.25, 0.3) is 0 Å². The van der Waals surface area contributed by atoms with Crippen LogP contribution < -0.4 is 15.4 Å². The number of morpholine rings is 1. The maximum Gasteiger partial charge on any atom is 0.191 e. The third-order valence-corrected chi connectivity index (χ3v) is 4.39. The highest BCUT2D eigenvalue weighted by Crippen LogP contribution is 2.11. The molecule has 0 aromatic heterocycles. The van der Waals surface area contributed by atoms with E-state index in [9.17, 15) is 0 Å². The number of hydrogen-bond donors (Lipinski definition) is 2. The van der Waals surface area contributed by atoms with E-state index in [0.717, 1.165) is 44.6 Å². The summed E-state index contributed by atoms with van der Waals surface area (Å²) in [6.07, 6.45) is 0. The molecule has 2 rings (SSSR count). The molecule has 0 saturated carbocycles. The van der Waals surface area contributed by atoms with Gasteiger partial charge in [-0.1, -0.05) is 12.1 Å². The molecule has 6 nitrogen and oxygen atoms in total. The number of hydrogen-bond acceptors (Lipinski definition) is 4. The van der Waals surface area contributed by atoms with Crippen LogP contribution in [0.2, 0.25) is 0 Å². The van der Waals surface area contributed by atoms with Crippen LogP contribution in [0, 0.1) is 0 Å². The van der Waals surface area contributed by atoms with Crippen LogP contribution in [0.3, 0.4) is 0 Å². The standard InChI is InChI=1S/C18H30N4O2.HI/c1-14(22-9-10-24-13-15(22)2)11-20-18(19-3)21-12-16-5-7-17(23-4)8-6-16;/h5-8,14-15H,9-13H2,1-4H3,(H2,19,20,21);1H. The van der Waals surface area contributed by atoms with Gasteiger partial charge in [-0.3, -0.25) is 9.89 Å². The molecule has 0 radical (unpaired) electrons. The molecule has 0 aliphatic carbocycles. The van der Waals surface area contributed by atoms with Crippen molar-refractivity contribution in [1.29, 1.82) is 0 Å². The molecule has 2 atom stereocenters. The number of guanidine groups is 1. The first-order valence-electron chi connectivity index (χ1n) is 8.55. The number of aliphatic imine (C=N–C) groups is 1. The van der Waals surface area contributed by atoms with Crippen molar-refractivity contribution in [3.8, 4) is 5.75 Å². The Hall–Kier alpha value is -1.06. The lowest BCUT2D eigenvalue weighted by Gasteiger charge is -2.38. The van der Waals surface area contributed by atoms with Crippen molar-refractivity contribution in [2.24, 2.45) is 4.99 Å². The van der Waals surface area contributed by atoms with Gasteiger partial charge in [-0.25, -0.2) is 0 Å². The van der Waals surface area contributed by atoms with E-state index in [1.807, 2.05) is 12.1 Å². The number of methoxy groups -OCH3 is 1. The van der Waals surface area contributed by atoms with E-state index in [4.69, 9.17) is 9.47 Å². The lowest BCUT2D eigenvalue weighted by atomic mass is 10.2. The molecular formula is C18H31IN4O2. The van der Waals surface area contributed by atoms with Crippen LogP contribution in [0.4, 0.5) is 0 Å². The molecule has 7 heteroatoms. The summed E-state index contributed by atoms with van der Waals surface area (Å²) < 4.78 is 10.7. The van der Waals surface area contributed by atoms with E-state index < -0.39 is 0 Å². The van der Waals surface area contributed by atoms with Crippen LogP contribution in [0.5, 0.6) is 5.75 Å². The highest BCUT2D eigenvalue weighted by molar-refractivity contribution is 14.0. The van der Waals surface area contributed by atoms with Gasteiger partial charge in [0.2, 0.25) is 0 Å². The molecule has 1 fully saturated rings. The molecule has 1 saturated heterocycles. The molecule has 1 aromatic rings. The lowest BCUT2D eigenvalue weighted by Crippen LogP contribution is -2.52. The van der Waals surface area contributed by atoms with Crippen molar-refractivity contribution in [2.75, 3.05) is 40.5 Å². The minimum atomic E-state index is 0. The van der Waals surface area contributed by atoms with Crippen LogP contribution in [-0.4, -0.2) is 63.4 Å². The number of nitrogens with zero attached hydrogens (tertiary/aromatic N) is 2. The Labute approximate surface area is 168 Å². The second-order valence-electron chi connectivity index (χ2n) is 6.17. The number of nitrogens with one attached hydrogen (secondary N) is 2. The zero-order valence-electron chi connectivity index (χ0n) is 15.6. The second-order valence-corrected chi connectivity index (χ2v) is 6.17. The number of benzene rings is 1. The largest absolute Gasteiger partial charge is 0.497 e. The quantitative estimate of drug-likeness (QED) is 0.385. The van der Waals surface area contributed by atoms with Gasteiger partial charge >= 0.3 is 0 Å². The maximum atomic E-state index is 5.51. The third-order valence-electron chi connectivity index (χ3n) is 4.39. The monoisotopic (exact) mass is 462 g/mol. The molecule has 0 bridgehead atoms. The molecule has 1 heterocycles. The Balaban J connectivity index is 0.00000312. The number of rotatable bonds is 6. The van der Waals surface area contributed by atoms with Gasteiger partial charge in [0.05, 0.1) is 20.3 Å². The van der Waals surface area contributed by atoms with Gasteiger partial charge in [0.1, 0.15) is 5.75 Å². The first kappa shape index (κ1) is 22.0. The number of halogens is 1. The van der Waals surface area contributed by atoms with Crippen molar-refractivity contribution in [3.63, 3.8) is 0 Å². The molecule has 0 amide bonds. The first-order chi connectivity index (χ1) is 11.6. The van der Waals surface area contributed by atoms with Crippen molar-refractivity contribution >= 4 is 29.9 Å². The Bertz CT molecular complexity index is 524. The second kappa shape index (κ2) is 11.5. The van der Waals surface area contributed by atoms with E-state index in [-0.39, 0.29) is 24.0 Å². The summed E-state index contributed by atoms with van der Waals surface area (Å²) in [6.45, 7) is 8.66. The fourth-order valence-electron chi connectivity index (χ4n) is 2.91. The average molecular weight is 462 g/mol. The van der Waals surface area contributed by atoms with Crippen LogP contribution in [-0.2, 0) is 11.3 Å².